The van der Waals surface area contributed by atoms with E-state index in [0.717, 1.165) is 27.6 Å². The second kappa shape index (κ2) is 5.19. The molecule has 3 N–H and O–H groups in total. The fourth-order valence-corrected chi connectivity index (χ4v) is 4.47. The fraction of sp³-hybridized carbons (Fsp3) is 0.238. The number of carbonyl (C=O) groups is 2. The van der Waals surface area contributed by atoms with E-state index in [-0.39, 0.29) is 11.7 Å². The second-order valence-electron chi connectivity index (χ2n) is 7.58. The van der Waals surface area contributed by atoms with Crippen LogP contribution < -0.4 is 10.5 Å². The van der Waals surface area contributed by atoms with Gasteiger partial charge in [-0.05, 0) is 54.7 Å². The zero-order chi connectivity index (χ0) is 18.9. The number of benzene rings is 2. The summed E-state index contributed by atoms with van der Waals surface area (Å²) in [6.45, 7) is 1.74. The molecule has 0 spiro atoms. The van der Waals surface area contributed by atoms with Crippen molar-refractivity contribution < 1.29 is 18.7 Å². The Kier molecular flexibility index (Phi) is 3.09. The molecule has 0 radical (unpaired) electrons. The molecule has 1 amide bonds. The number of hydrogen-bond donors (Lipinski definition) is 2. The van der Waals surface area contributed by atoms with Crippen molar-refractivity contribution in [2.45, 2.75) is 13.3 Å². The topological polar surface area (TPSA) is 85.2 Å². The molecule has 3 atom stereocenters. The molecule has 0 saturated heterocycles. The normalized spacial score (nSPS) is 26.1. The van der Waals surface area contributed by atoms with Gasteiger partial charge in [0.1, 0.15) is 11.6 Å². The number of H-pyrrole nitrogens is 1. The molecule has 1 fully saturated rings. The van der Waals surface area contributed by atoms with E-state index in [1.165, 1.54) is 12.1 Å². The van der Waals surface area contributed by atoms with E-state index >= 15 is 0 Å². The quantitative estimate of drug-likeness (QED) is 0.541. The number of nitrogens with two attached hydrogens (primary N) is 1. The number of esters is 1. The Morgan fingerprint density at radius 3 is 2.89 bits per heavy atom. The monoisotopic (exact) mass is 364 g/mol. The van der Waals surface area contributed by atoms with Crippen molar-refractivity contribution in [1.29, 1.82) is 0 Å². The molecule has 3 unspecified atom stereocenters. The molecular formula is C21H17FN2O3. The van der Waals surface area contributed by atoms with Crippen molar-refractivity contribution in [2.24, 2.45) is 23.0 Å². The Bertz CT molecular complexity index is 1140. The molecule has 5 rings (SSSR count). The molecule has 27 heavy (non-hydrogen) atoms. The van der Waals surface area contributed by atoms with Gasteiger partial charge in [-0.25, -0.2) is 4.39 Å². The molecule has 6 heteroatoms. The molecule has 0 bridgehead atoms. The van der Waals surface area contributed by atoms with Gasteiger partial charge in [-0.3, -0.25) is 9.59 Å². The zero-order valence-electron chi connectivity index (χ0n) is 14.6. The summed E-state index contributed by atoms with van der Waals surface area (Å²) in [6, 6.07) is 10.2. The van der Waals surface area contributed by atoms with Gasteiger partial charge in [-0.2, -0.15) is 0 Å². The van der Waals surface area contributed by atoms with Gasteiger partial charge in [0.05, 0.1) is 11.3 Å². The molecule has 2 aromatic carbocycles. The number of halogens is 1. The molecule has 1 aromatic heterocycles. The maximum Gasteiger partial charge on any atom is 0.318 e. The average molecular weight is 364 g/mol. The Morgan fingerprint density at radius 2 is 2.11 bits per heavy atom. The molecule has 3 aromatic rings. The largest absolute Gasteiger partial charge is 0.426 e. The first-order valence-electron chi connectivity index (χ1n) is 8.81. The van der Waals surface area contributed by atoms with Crippen LogP contribution >= 0.6 is 0 Å². The molecule has 2 aliphatic rings. The molecular weight excluding hydrogens is 347 g/mol. The summed E-state index contributed by atoms with van der Waals surface area (Å²) in [4.78, 5) is 27.4. The van der Waals surface area contributed by atoms with Crippen LogP contribution in [-0.4, -0.2) is 16.9 Å². The lowest BCUT2D eigenvalue weighted by molar-refractivity contribution is -0.141. The van der Waals surface area contributed by atoms with E-state index in [4.69, 9.17) is 10.5 Å². The first-order chi connectivity index (χ1) is 12.9. The average Bonchev–Trinajstić information content (AvgIpc) is 3.05. The van der Waals surface area contributed by atoms with Crippen LogP contribution in [0.5, 0.6) is 5.75 Å². The van der Waals surface area contributed by atoms with E-state index in [0.29, 0.717) is 12.2 Å². The van der Waals surface area contributed by atoms with Crippen LogP contribution in [0.25, 0.3) is 22.0 Å². The third kappa shape index (κ3) is 2.16. The minimum atomic E-state index is -0.852. The van der Waals surface area contributed by atoms with Crippen LogP contribution in [0.3, 0.4) is 0 Å². The predicted octanol–water partition coefficient (Wildman–Crippen LogP) is 3.17. The van der Waals surface area contributed by atoms with Crippen LogP contribution in [0.15, 0.2) is 42.6 Å². The van der Waals surface area contributed by atoms with Gasteiger partial charge in [0, 0.05) is 22.7 Å². The van der Waals surface area contributed by atoms with Crippen LogP contribution in [-0.2, 0) is 16.0 Å². The van der Waals surface area contributed by atoms with E-state index in [2.05, 4.69) is 4.98 Å². The number of amides is 1. The van der Waals surface area contributed by atoms with Gasteiger partial charge in [0.2, 0.25) is 5.91 Å². The minimum absolute atomic E-state index is 0.128. The van der Waals surface area contributed by atoms with Crippen LogP contribution in [0.4, 0.5) is 4.39 Å². The number of aromatic amines is 1. The minimum Gasteiger partial charge on any atom is -0.426 e. The highest BCUT2D eigenvalue weighted by Crippen LogP contribution is 2.62. The molecule has 1 aliphatic heterocycles. The van der Waals surface area contributed by atoms with Crippen molar-refractivity contribution in [1.82, 2.24) is 4.98 Å². The lowest BCUT2D eigenvalue weighted by atomic mass is 9.99. The lowest BCUT2D eigenvalue weighted by Crippen LogP contribution is -2.26. The van der Waals surface area contributed by atoms with E-state index < -0.39 is 23.2 Å². The number of fused-ring (bicyclic) bond motifs is 3. The van der Waals surface area contributed by atoms with E-state index in [1.54, 1.807) is 19.1 Å². The van der Waals surface area contributed by atoms with E-state index in [9.17, 15) is 14.0 Å². The van der Waals surface area contributed by atoms with Gasteiger partial charge in [-0.15, -0.1) is 0 Å². The molecule has 136 valence electrons. The standard InChI is InChI=1S/C21H17FN2O3/c1-21-15(18(21)19(23)25)6-11-3-2-10(7-17(11)27-20(21)26)14-9-24-16-5-4-12(22)8-13(14)16/h2-5,7-9,15,18,24H,6H2,1H3,(H2,23,25). The number of carbonyl (C=O) groups excluding carboxylic acids is 2. The third-order valence-electron chi connectivity index (χ3n) is 6.12. The van der Waals surface area contributed by atoms with Crippen molar-refractivity contribution in [3.8, 4) is 16.9 Å². The van der Waals surface area contributed by atoms with Crippen LogP contribution in [0.2, 0.25) is 0 Å². The number of nitrogens with one attached hydrogen (secondary N) is 1. The molecule has 1 aliphatic carbocycles. The molecule has 2 heterocycles. The van der Waals surface area contributed by atoms with Crippen molar-refractivity contribution in [2.75, 3.05) is 0 Å². The smallest absolute Gasteiger partial charge is 0.318 e. The fourth-order valence-electron chi connectivity index (χ4n) is 4.47. The Balaban J connectivity index is 1.57. The summed E-state index contributed by atoms with van der Waals surface area (Å²) in [5, 5.41) is 0.762. The number of primary amides is 1. The number of ether oxygens (including phenoxy) is 1. The summed E-state index contributed by atoms with van der Waals surface area (Å²) in [5.74, 6) is -1.31. The van der Waals surface area contributed by atoms with Gasteiger partial charge in [0.15, 0.2) is 0 Å². The Labute approximate surface area is 154 Å². The summed E-state index contributed by atoms with van der Waals surface area (Å²) in [5.41, 5.74) is 7.95. The summed E-state index contributed by atoms with van der Waals surface area (Å²) in [7, 11) is 0. The highest BCUT2D eigenvalue weighted by Gasteiger charge is 2.70. The van der Waals surface area contributed by atoms with Gasteiger partial charge in [0.25, 0.3) is 0 Å². The van der Waals surface area contributed by atoms with Gasteiger partial charge < -0.3 is 15.5 Å². The van der Waals surface area contributed by atoms with E-state index in [1.807, 2.05) is 18.3 Å². The second-order valence-corrected chi connectivity index (χ2v) is 7.58. The predicted molar refractivity (Wildman–Crippen MR) is 97.3 cm³/mol. The van der Waals surface area contributed by atoms with Crippen LogP contribution in [0, 0.1) is 23.1 Å². The first kappa shape index (κ1) is 16.1. The van der Waals surface area contributed by atoms with Gasteiger partial charge in [-0.1, -0.05) is 12.1 Å². The van der Waals surface area contributed by atoms with Crippen molar-refractivity contribution in [3.05, 3.63) is 54.0 Å². The summed E-state index contributed by atoms with van der Waals surface area (Å²) >= 11 is 0. The molecule has 5 nitrogen and oxygen atoms in total. The molecule has 1 saturated carbocycles. The summed E-state index contributed by atoms with van der Waals surface area (Å²) in [6.07, 6.45) is 2.38. The highest BCUT2D eigenvalue weighted by molar-refractivity contribution is 5.97. The SMILES string of the molecule is CC12C(=O)Oc3cc(-c4c[nH]c5ccc(F)cc45)ccc3CC1C2C(N)=O. The maximum atomic E-state index is 13.7. The van der Waals surface area contributed by atoms with Crippen molar-refractivity contribution >= 4 is 22.8 Å². The Morgan fingerprint density at radius 1 is 1.30 bits per heavy atom. The van der Waals surface area contributed by atoms with Crippen LogP contribution in [0.1, 0.15) is 12.5 Å². The third-order valence-corrected chi connectivity index (χ3v) is 6.12. The Hall–Kier alpha value is -3.15. The maximum absolute atomic E-state index is 13.7. The summed E-state index contributed by atoms with van der Waals surface area (Å²) < 4.78 is 19.3. The number of rotatable bonds is 2. The van der Waals surface area contributed by atoms with Gasteiger partial charge >= 0.3 is 5.97 Å². The van der Waals surface area contributed by atoms with Crippen molar-refractivity contribution in [3.63, 3.8) is 0 Å². The first-order valence-corrected chi connectivity index (χ1v) is 8.81. The number of aromatic nitrogens is 1. The number of hydrogen-bond acceptors (Lipinski definition) is 3. The zero-order valence-corrected chi connectivity index (χ0v) is 14.6. The lowest BCUT2D eigenvalue weighted by Gasteiger charge is -2.12. The highest BCUT2D eigenvalue weighted by atomic mass is 19.1.